The van der Waals surface area contributed by atoms with E-state index in [-0.39, 0.29) is 23.9 Å². The molecule has 1 fully saturated rings. The molecule has 128 valence electrons. The minimum atomic E-state index is -0.303. The lowest BCUT2D eigenvalue weighted by atomic mass is 10.0. The second-order valence-corrected chi connectivity index (χ2v) is 6.50. The first-order chi connectivity index (χ1) is 12.1. The molecule has 0 bridgehead atoms. The van der Waals surface area contributed by atoms with Gasteiger partial charge in [-0.2, -0.15) is 0 Å². The minimum absolute atomic E-state index is 0.0749. The molecule has 0 saturated carbocycles. The maximum absolute atomic E-state index is 12.5. The summed E-state index contributed by atoms with van der Waals surface area (Å²) >= 11 is 0. The van der Waals surface area contributed by atoms with Crippen LogP contribution in [0.2, 0.25) is 0 Å². The number of carbonyl (C=O) groups is 2. The first kappa shape index (κ1) is 15.8. The van der Waals surface area contributed by atoms with Crippen LogP contribution in [0.4, 0.5) is 11.4 Å². The van der Waals surface area contributed by atoms with Gasteiger partial charge in [-0.05, 0) is 35.7 Å². The molecule has 2 aliphatic heterocycles. The van der Waals surface area contributed by atoms with Gasteiger partial charge >= 0.3 is 0 Å². The number of hydrazine groups is 1. The number of benzene rings is 2. The van der Waals surface area contributed by atoms with Gasteiger partial charge in [-0.3, -0.25) is 9.59 Å². The van der Waals surface area contributed by atoms with E-state index in [0.29, 0.717) is 12.8 Å². The number of hydrogen-bond acceptors (Lipinski definition) is 4. The van der Waals surface area contributed by atoms with Crippen LogP contribution in [0.15, 0.2) is 48.5 Å². The number of nitrogens with zero attached hydrogens (tertiary/aromatic N) is 1. The normalized spacial score (nSPS) is 22.1. The third-order valence-corrected chi connectivity index (χ3v) is 4.85. The van der Waals surface area contributed by atoms with E-state index in [9.17, 15) is 9.59 Å². The van der Waals surface area contributed by atoms with Crippen LogP contribution < -0.4 is 21.1 Å². The fraction of sp³-hybridized carbons (Fsp3) is 0.263. The highest BCUT2D eigenvalue weighted by molar-refractivity contribution is 6.02. The number of likely N-dealkylation sites (N-methyl/N-ethyl adjacent to an activating group) is 1. The molecule has 0 aromatic heterocycles. The van der Waals surface area contributed by atoms with Crippen molar-refractivity contribution in [2.24, 2.45) is 0 Å². The summed E-state index contributed by atoms with van der Waals surface area (Å²) < 4.78 is 0. The molecular weight excluding hydrogens is 316 g/mol. The highest BCUT2D eigenvalue weighted by atomic mass is 16.2. The van der Waals surface area contributed by atoms with Crippen molar-refractivity contribution in [3.05, 3.63) is 59.7 Å². The van der Waals surface area contributed by atoms with Crippen molar-refractivity contribution in [3.63, 3.8) is 0 Å². The van der Waals surface area contributed by atoms with Gasteiger partial charge in [0.15, 0.2) is 0 Å². The second-order valence-electron chi connectivity index (χ2n) is 6.50. The Kier molecular flexibility index (Phi) is 3.99. The van der Waals surface area contributed by atoms with E-state index >= 15 is 0 Å². The molecule has 6 nitrogen and oxygen atoms in total. The average molecular weight is 336 g/mol. The summed E-state index contributed by atoms with van der Waals surface area (Å²) in [6.07, 6.45) is 1.07. The number of rotatable bonds is 3. The van der Waals surface area contributed by atoms with Crippen molar-refractivity contribution >= 4 is 23.2 Å². The zero-order valence-electron chi connectivity index (χ0n) is 14.0. The highest BCUT2D eigenvalue weighted by Gasteiger charge is 2.30. The summed E-state index contributed by atoms with van der Waals surface area (Å²) in [5, 5.41) is 2.94. The van der Waals surface area contributed by atoms with Crippen LogP contribution in [0.1, 0.15) is 23.6 Å². The van der Waals surface area contributed by atoms with Crippen LogP contribution in [0.5, 0.6) is 0 Å². The first-order valence-electron chi connectivity index (χ1n) is 8.38. The molecule has 0 spiro atoms. The van der Waals surface area contributed by atoms with Crippen molar-refractivity contribution in [2.75, 3.05) is 17.3 Å². The topological polar surface area (TPSA) is 73.5 Å². The maximum atomic E-state index is 12.5. The lowest BCUT2D eigenvalue weighted by molar-refractivity contribution is -0.118. The zero-order chi connectivity index (χ0) is 17.4. The molecule has 2 unspecified atom stereocenters. The number of amides is 2. The SMILES string of the molecule is CN1C(=O)Cc2cc(NC(=O)C3CC(c4ccccc4)NN3)ccc21. The summed E-state index contributed by atoms with van der Waals surface area (Å²) in [7, 11) is 1.77. The molecule has 2 aromatic rings. The summed E-state index contributed by atoms with van der Waals surface area (Å²) in [5.41, 5.74) is 9.98. The quantitative estimate of drug-likeness (QED) is 0.798. The number of nitrogens with one attached hydrogen (secondary N) is 3. The van der Waals surface area contributed by atoms with E-state index in [0.717, 1.165) is 22.5 Å². The van der Waals surface area contributed by atoms with E-state index in [4.69, 9.17) is 0 Å². The summed E-state index contributed by atoms with van der Waals surface area (Å²) in [6.45, 7) is 0. The van der Waals surface area contributed by atoms with Gasteiger partial charge in [0.1, 0.15) is 6.04 Å². The molecule has 2 aliphatic rings. The molecular formula is C19H20N4O2. The van der Waals surface area contributed by atoms with Gasteiger partial charge in [-0.1, -0.05) is 30.3 Å². The van der Waals surface area contributed by atoms with Crippen LogP contribution in [-0.4, -0.2) is 24.9 Å². The van der Waals surface area contributed by atoms with Crippen molar-refractivity contribution in [2.45, 2.75) is 24.9 Å². The van der Waals surface area contributed by atoms with E-state index in [1.54, 1.807) is 11.9 Å². The van der Waals surface area contributed by atoms with Crippen LogP contribution in [-0.2, 0) is 16.0 Å². The first-order valence-corrected chi connectivity index (χ1v) is 8.38. The predicted octanol–water partition coefficient (Wildman–Crippen LogP) is 1.75. The van der Waals surface area contributed by atoms with Crippen LogP contribution in [0, 0.1) is 0 Å². The van der Waals surface area contributed by atoms with Crippen molar-refractivity contribution in [1.82, 2.24) is 10.9 Å². The highest BCUT2D eigenvalue weighted by Crippen LogP contribution is 2.30. The molecule has 2 atom stereocenters. The third-order valence-electron chi connectivity index (χ3n) is 4.85. The number of anilines is 2. The van der Waals surface area contributed by atoms with Gasteiger partial charge in [0.05, 0.1) is 6.42 Å². The Hall–Kier alpha value is -2.70. The average Bonchev–Trinajstić information content (AvgIpc) is 3.22. The molecule has 2 aromatic carbocycles. The predicted molar refractivity (Wildman–Crippen MR) is 96.0 cm³/mol. The van der Waals surface area contributed by atoms with Gasteiger partial charge in [-0.25, -0.2) is 10.9 Å². The van der Waals surface area contributed by atoms with Gasteiger partial charge < -0.3 is 10.2 Å². The minimum Gasteiger partial charge on any atom is -0.325 e. The Morgan fingerprint density at radius 2 is 1.96 bits per heavy atom. The zero-order valence-corrected chi connectivity index (χ0v) is 14.0. The lowest BCUT2D eigenvalue weighted by Gasteiger charge is -2.13. The molecule has 25 heavy (non-hydrogen) atoms. The third kappa shape index (κ3) is 3.01. The molecule has 0 aliphatic carbocycles. The molecule has 2 heterocycles. The molecule has 0 radical (unpaired) electrons. The number of carbonyl (C=O) groups excluding carboxylic acids is 2. The molecule has 1 saturated heterocycles. The van der Waals surface area contributed by atoms with E-state index in [1.165, 1.54) is 0 Å². The summed E-state index contributed by atoms with van der Waals surface area (Å²) in [4.78, 5) is 25.9. The smallest absolute Gasteiger partial charge is 0.242 e. The summed E-state index contributed by atoms with van der Waals surface area (Å²) in [6, 6.07) is 15.5. The Morgan fingerprint density at radius 1 is 1.16 bits per heavy atom. The van der Waals surface area contributed by atoms with Crippen molar-refractivity contribution < 1.29 is 9.59 Å². The van der Waals surface area contributed by atoms with E-state index in [2.05, 4.69) is 16.2 Å². The molecule has 4 rings (SSSR count). The van der Waals surface area contributed by atoms with Gasteiger partial charge in [0.2, 0.25) is 11.8 Å². The Labute approximate surface area is 146 Å². The summed E-state index contributed by atoms with van der Waals surface area (Å²) in [5.74, 6) is -0.00519. The molecule has 2 amide bonds. The Morgan fingerprint density at radius 3 is 2.76 bits per heavy atom. The lowest BCUT2D eigenvalue weighted by Crippen LogP contribution is -2.39. The Balaban J connectivity index is 1.42. The van der Waals surface area contributed by atoms with Crippen LogP contribution in [0.3, 0.4) is 0 Å². The van der Waals surface area contributed by atoms with Crippen molar-refractivity contribution in [3.8, 4) is 0 Å². The number of hydrogen-bond donors (Lipinski definition) is 3. The van der Waals surface area contributed by atoms with E-state index < -0.39 is 0 Å². The van der Waals surface area contributed by atoms with Crippen LogP contribution in [0.25, 0.3) is 0 Å². The van der Waals surface area contributed by atoms with Crippen LogP contribution >= 0.6 is 0 Å². The van der Waals surface area contributed by atoms with Crippen molar-refractivity contribution in [1.29, 1.82) is 0 Å². The maximum Gasteiger partial charge on any atom is 0.242 e. The monoisotopic (exact) mass is 336 g/mol. The molecule has 3 N–H and O–H groups in total. The fourth-order valence-corrected chi connectivity index (χ4v) is 3.41. The van der Waals surface area contributed by atoms with Gasteiger partial charge in [0.25, 0.3) is 0 Å². The van der Waals surface area contributed by atoms with E-state index in [1.807, 2.05) is 48.5 Å². The standard InChI is InChI=1S/C19H20N4O2/c1-23-17-8-7-14(9-13(17)10-18(23)24)20-19(25)16-11-15(21-22-16)12-5-3-2-4-6-12/h2-9,15-16,21-22H,10-11H2,1H3,(H,20,25). The number of fused-ring (bicyclic) bond motifs is 1. The Bertz CT molecular complexity index is 821. The molecule has 6 heteroatoms. The second kappa shape index (κ2) is 6.31. The largest absolute Gasteiger partial charge is 0.325 e. The van der Waals surface area contributed by atoms with Gasteiger partial charge in [0, 0.05) is 24.5 Å². The van der Waals surface area contributed by atoms with Gasteiger partial charge in [-0.15, -0.1) is 0 Å². The fourth-order valence-electron chi connectivity index (χ4n) is 3.41.